The van der Waals surface area contributed by atoms with Crippen molar-refractivity contribution in [3.63, 3.8) is 0 Å². The van der Waals surface area contributed by atoms with Crippen LogP contribution in [0.2, 0.25) is 0 Å². The molecule has 0 aliphatic carbocycles. The van der Waals surface area contributed by atoms with E-state index >= 15 is 0 Å². The first kappa shape index (κ1) is 40.3. The van der Waals surface area contributed by atoms with Gasteiger partial charge in [0.15, 0.2) is 24.4 Å². The molecule has 1 aromatic carbocycles. The molecule has 2 fully saturated rings. The van der Waals surface area contributed by atoms with Crippen molar-refractivity contribution in [3.8, 4) is 11.3 Å². The van der Waals surface area contributed by atoms with Crippen LogP contribution < -0.4 is 5.32 Å². The third kappa shape index (κ3) is 12.6. The minimum absolute atomic E-state index is 0.0878. The first-order valence-corrected chi connectivity index (χ1v) is 18.1. The molecule has 4 atom stereocenters. The van der Waals surface area contributed by atoms with Crippen LogP contribution in [0.3, 0.4) is 0 Å². The van der Waals surface area contributed by atoms with Crippen LogP contribution >= 0.6 is 0 Å². The van der Waals surface area contributed by atoms with E-state index in [1.165, 1.54) is 11.3 Å². The molecule has 3 heterocycles. The van der Waals surface area contributed by atoms with Gasteiger partial charge in [-0.1, -0.05) is 30.7 Å². The zero-order valence-electron chi connectivity index (χ0n) is 32.1. The molecule has 14 nitrogen and oxygen atoms in total. The zero-order chi connectivity index (χ0) is 38.3. The summed E-state index contributed by atoms with van der Waals surface area (Å²) in [6.45, 7) is 17.3. The standard InChI is InChI=1S/C38H56N4O10/c1-36(2,3)50-33(44)41-19-11-10-12-26(22-41)17-18-40-32(43)49-31-28(20-25-13-15-27(16-14-25)29-21-39-24-47-29)42(34(45)51-37(4,5)6)23-30(31)48-35(46)52-38(7,8)9/h13-16,21,24,26,28,30-31H,10-12,17-20,22-23H2,1-9H3,(H,40,43)/t26-,28+,30-,31-/m0/s1. The van der Waals surface area contributed by atoms with Gasteiger partial charge in [-0.25, -0.2) is 24.2 Å². The van der Waals surface area contributed by atoms with E-state index in [0.29, 0.717) is 31.8 Å². The lowest BCUT2D eigenvalue weighted by atomic mass is 9.99. The molecule has 0 unspecified atom stereocenters. The third-order valence-electron chi connectivity index (χ3n) is 8.39. The number of likely N-dealkylation sites (tertiary alicyclic amines) is 2. The van der Waals surface area contributed by atoms with Gasteiger partial charge in [0.25, 0.3) is 0 Å². The van der Waals surface area contributed by atoms with E-state index in [1.807, 2.05) is 45.0 Å². The molecule has 2 aliphatic rings. The van der Waals surface area contributed by atoms with Crippen LogP contribution in [0, 0.1) is 5.92 Å². The van der Waals surface area contributed by atoms with Gasteiger partial charge >= 0.3 is 24.4 Å². The van der Waals surface area contributed by atoms with Crippen molar-refractivity contribution in [1.29, 1.82) is 0 Å². The molecule has 0 bridgehead atoms. The molecule has 2 aromatic rings. The lowest BCUT2D eigenvalue weighted by Crippen LogP contribution is -2.46. The maximum atomic E-state index is 13.6. The van der Waals surface area contributed by atoms with Crippen molar-refractivity contribution in [2.45, 2.75) is 129 Å². The number of ether oxygens (including phenoxy) is 5. The SMILES string of the molecule is CC(C)(C)OC(=O)O[C@H]1CN(C(=O)OC(C)(C)C)[C@H](Cc2ccc(-c3cnco3)cc2)[C@@H]1OC(=O)NCC[C@@H]1CCCCN(C(=O)OC(C)(C)C)C1. The molecule has 52 heavy (non-hydrogen) atoms. The van der Waals surface area contributed by atoms with E-state index in [1.54, 1.807) is 52.6 Å². The molecular formula is C38H56N4O10. The Labute approximate surface area is 306 Å². The maximum Gasteiger partial charge on any atom is 0.509 e. The number of carbonyl (C=O) groups is 4. The van der Waals surface area contributed by atoms with E-state index < -0.39 is 53.4 Å². The van der Waals surface area contributed by atoms with Crippen molar-refractivity contribution in [2.24, 2.45) is 5.92 Å². The van der Waals surface area contributed by atoms with Crippen LogP contribution in [0.4, 0.5) is 19.2 Å². The predicted octanol–water partition coefficient (Wildman–Crippen LogP) is 7.35. The number of nitrogens with zero attached hydrogens (tertiary/aromatic N) is 3. The van der Waals surface area contributed by atoms with Crippen molar-refractivity contribution in [3.05, 3.63) is 42.4 Å². The summed E-state index contributed by atoms with van der Waals surface area (Å²) in [6.07, 6.45) is 1.83. The lowest BCUT2D eigenvalue weighted by molar-refractivity contribution is -0.0518. The summed E-state index contributed by atoms with van der Waals surface area (Å²) in [4.78, 5) is 59.9. The molecule has 1 N–H and O–H groups in total. The number of rotatable bonds is 8. The average Bonchev–Trinajstić information content (AvgIpc) is 3.58. The zero-order valence-corrected chi connectivity index (χ0v) is 32.1. The van der Waals surface area contributed by atoms with Crippen molar-refractivity contribution < 1.29 is 47.3 Å². The Morgan fingerprint density at radius 2 is 1.50 bits per heavy atom. The number of carbonyl (C=O) groups excluding carboxylic acids is 4. The molecule has 4 rings (SSSR count). The monoisotopic (exact) mass is 728 g/mol. The fourth-order valence-corrected chi connectivity index (χ4v) is 6.18. The molecule has 1 aromatic heterocycles. The fraction of sp³-hybridized carbons (Fsp3) is 0.658. The van der Waals surface area contributed by atoms with E-state index in [9.17, 15) is 19.2 Å². The van der Waals surface area contributed by atoms with Crippen LogP contribution in [0.25, 0.3) is 11.3 Å². The molecule has 14 heteroatoms. The third-order valence-corrected chi connectivity index (χ3v) is 8.39. The Morgan fingerprint density at radius 3 is 2.12 bits per heavy atom. The van der Waals surface area contributed by atoms with E-state index in [0.717, 1.165) is 30.4 Å². The molecule has 2 aliphatic heterocycles. The van der Waals surface area contributed by atoms with Crippen LogP contribution in [-0.2, 0) is 30.1 Å². The normalized spacial score (nSPS) is 21.2. The quantitative estimate of drug-likeness (QED) is 0.214. The average molecular weight is 729 g/mol. The van der Waals surface area contributed by atoms with Gasteiger partial charge in [0.05, 0.1) is 18.8 Å². The van der Waals surface area contributed by atoms with Gasteiger partial charge in [0, 0.05) is 25.2 Å². The topological polar surface area (TPSA) is 159 Å². The largest absolute Gasteiger partial charge is 0.509 e. The molecule has 0 saturated carbocycles. The molecule has 288 valence electrons. The number of aromatic nitrogens is 1. The fourth-order valence-electron chi connectivity index (χ4n) is 6.18. The van der Waals surface area contributed by atoms with Gasteiger partial charge in [-0.15, -0.1) is 0 Å². The van der Waals surface area contributed by atoms with Crippen LogP contribution in [0.1, 0.15) is 93.6 Å². The summed E-state index contributed by atoms with van der Waals surface area (Å²) in [5.41, 5.74) is -0.590. The second kappa shape index (κ2) is 16.9. The van der Waals surface area contributed by atoms with Gasteiger partial charge < -0.3 is 38.3 Å². The van der Waals surface area contributed by atoms with E-state index in [-0.39, 0.29) is 25.0 Å². The number of amides is 3. The smallest absolute Gasteiger partial charge is 0.444 e. The highest BCUT2D eigenvalue weighted by atomic mass is 16.7. The number of alkyl carbamates (subject to hydrolysis) is 1. The Balaban J connectivity index is 1.51. The minimum atomic E-state index is -1.06. The van der Waals surface area contributed by atoms with Crippen molar-refractivity contribution in [2.75, 3.05) is 26.2 Å². The Morgan fingerprint density at radius 1 is 0.846 bits per heavy atom. The predicted molar refractivity (Wildman–Crippen MR) is 192 cm³/mol. The van der Waals surface area contributed by atoms with E-state index in [4.69, 9.17) is 28.1 Å². The second-order valence-electron chi connectivity index (χ2n) is 16.5. The highest BCUT2D eigenvalue weighted by Crippen LogP contribution is 2.31. The number of nitrogens with one attached hydrogen (secondary N) is 1. The van der Waals surface area contributed by atoms with E-state index in [2.05, 4.69) is 10.3 Å². The Kier molecular flexibility index (Phi) is 13.1. The summed E-state index contributed by atoms with van der Waals surface area (Å²) < 4.78 is 33.9. The second-order valence-corrected chi connectivity index (χ2v) is 16.5. The molecule has 0 radical (unpaired) electrons. The number of benzene rings is 1. The summed E-state index contributed by atoms with van der Waals surface area (Å²) in [6, 6.07) is 6.76. The summed E-state index contributed by atoms with van der Waals surface area (Å²) >= 11 is 0. The number of hydrogen-bond donors (Lipinski definition) is 1. The number of oxazole rings is 1. The van der Waals surface area contributed by atoms with Crippen molar-refractivity contribution in [1.82, 2.24) is 20.1 Å². The van der Waals surface area contributed by atoms with Crippen LogP contribution in [-0.4, -0.2) is 100 Å². The summed E-state index contributed by atoms with van der Waals surface area (Å²) in [5, 5.41) is 2.84. The Hall–Kier alpha value is -4.49. The highest BCUT2D eigenvalue weighted by molar-refractivity contribution is 5.71. The van der Waals surface area contributed by atoms with Gasteiger partial charge in [0.2, 0.25) is 0 Å². The van der Waals surface area contributed by atoms with Gasteiger partial charge in [-0.3, -0.25) is 4.90 Å². The van der Waals surface area contributed by atoms with Gasteiger partial charge in [-0.2, -0.15) is 0 Å². The molecule has 3 amide bonds. The summed E-state index contributed by atoms with van der Waals surface area (Å²) in [7, 11) is 0. The first-order chi connectivity index (χ1) is 24.3. The highest BCUT2D eigenvalue weighted by Gasteiger charge is 2.50. The van der Waals surface area contributed by atoms with Crippen LogP contribution in [0.15, 0.2) is 41.3 Å². The van der Waals surface area contributed by atoms with Crippen LogP contribution in [0.5, 0.6) is 0 Å². The molecule has 0 spiro atoms. The molecular weight excluding hydrogens is 672 g/mol. The molecule has 2 saturated heterocycles. The van der Waals surface area contributed by atoms with Gasteiger partial charge in [0.1, 0.15) is 16.8 Å². The number of hydrogen-bond acceptors (Lipinski definition) is 11. The first-order valence-electron chi connectivity index (χ1n) is 18.1. The Bertz CT molecular complexity index is 1490. The summed E-state index contributed by atoms with van der Waals surface area (Å²) in [5.74, 6) is 0.758. The lowest BCUT2D eigenvalue weighted by Gasteiger charge is -2.30. The van der Waals surface area contributed by atoms with Crippen molar-refractivity contribution >= 4 is 24.4 Å². The van der Waals surface area contributed by atoms with Gasteiger partial charge in [-0.05, 0) is 99.5 Å². The maximum absolute atomic E-state index is 13.6. The minimum Gasteiger partial charge on any atom is -0.444 e.